The summed E-state index contributed by atoms with van der Waals surface area (Å²) in [5, 5.41) is 6.74. The van der Waals surface area contributed by atoms with Gasteiger partial charge in [-0.1, -0.05) is 18.2 Å². The number of aromatic nitrogens is 2. The number of isothiocyanates is 1. The van der Waals surface area contributed by atoms with Gasteiger partial charge in [-0.05, 0) is 42.9 Å². The van der Waals surface area contributed by atoms with Gasteiger partial charge < -0.3 is 14.5 Å². The molecule has 0 aliphatic carbocycles. The van der Waals surface area contributed by atoms with E-state index in [1.165, 1.54) is 0 Å². The van der Waals surface area contributed by atoms with E-state index in [-0.39, 0.29) is 11.8 Å². The van der Waals surface area contributed by atoms with E-state index in [1.807, 2.05) is 55.5 Å². The van der Waals surface area contributed by atoms with E-state index in [9.17, 15) is 9.59 Å². The Morgan fingerprint density at radius 1 is 1.03 bits per heavy atom. The number of thiocarbonyl (C=S) groups is 1. The molecule has 8 heteroatoms. The molecule has 0 spiro atoms. The van der Waals surface area contributed by atoms with Crippen LogP contribution in [0.25, 0.3) is 33.0 Å². The van der Waals surface area contributed by atoms with Crippen molar-refractivity contribution in [2.45, 2.75) is 13.0 Å². The van der Waals surface area contributed by atoms with E-state index in [1.54, 1.807) is 6.20 Å². The van der Waals surface area contributed by atoms with E-state index in [0.29, 0.717) is 29.8 Å². The molecule has 0 bridgehead atoms. The van der Waals surface area contributed by atoms with Crippen LogP contribution in [0.3, 0.4) is 0 Å². The number of carbonyl (C=O) groups is 2. The maximum absolute atomic E-state index is 13.1. The molecule has 0 saturated heterocycles. The van der Waals surface area contributed by atoms with E-state index in [4.69, 9.17) is 0 Å². The van der Waals surface area contributed by atoms with Crippen LogP contribution in [0.2, 0.25) is 0 Å². The van der Waals surface area contributed by atoms with Crippen LogP contribution in [0.15, 0.2) is 59.9 Å². The lowest BCUT2D eigenvalue weighted by Crippen LogP contribution is -2.22. The zero-order valence-corrected chi connectivity index (χ0v) is 19.7. The number of aryl methyl sites for hydroxylation is 1. The summed E-state index contributed by atoms with van der Waals surface area (Å²) in [4.78, 5) is 35.4. The molecule has 4 aromatic rings. The summed E-state index contributed by atoms with van der Waals surface area (Å²) in [6, 6.07) is 13.9. The highest BCUT2D eigenvalue weighted by atomic mass is 32.1. The summed E-state index contributed by atoms with van der Waals surface area (Å²) in [5.41, 5.74) is 5.15. The van der Waals surface area contributed by atoms with Gasteiger partial charge in [-0.25, -0.2) is 4.99 Å². The van der Waals surface area contributed by atoms with Gasteiger partial charge in [0.1, 0.15) is 0 Å². The summed E-state index contributed by atoms with van der Waals surface area (Å²) in [7, 11) is 3.95. The average Bonchev–Trinajstić information content (AvgIpc) is 3.49. The molecule has 170 valence electrons. The Kier molecular flexibility index (Phi) is 5.61. The number of anilines is 1. The Morgan fingerprint density at radius 2 is 1.79 bits per heavy atom. The van der Waals surface area contributed by atoms with Gasteiger partial charge in [-0.2, -0.15) is 0 Å². The predicted octanol–water partition coefficient (Wildman–Crippen LogP) is 4.25. The van der Waals surface area contributed by atoms with Crippen molar-refractivity contribution in [3.8, 4) is 0 Å². The first-order valence-corrected chi connectivity index (χ1v) is 11.4. The van der Waals surface area contributed by atoms with Crippen LogP contribution in [0.1, 0.15) is 17.5 Å². The minimum atomic E-state index is -0.385. The largest absolute Gasteiger partial charge is 0.378 e. The summed E-state index contributed by atoms with van der Waals surface area (Å²) >= 11 is 4.67. The molecule has 1 aliphatic heterocycles. The summed E-state index contributed by atoms with van der Waals surface area (Å²) in [5.74, 6) is -0.769. The van der Waals surface area contributed by atoms with E-state index in [2.05, 4.69) is 49.4 Å². The number of para-hydroxylation sites is 1. The second kappa shape index (κ2) is 8.74. The molecule has 5 rings (SSSR count). The lowest BCUT2D eigenvalue weighted by Gasteiger charge is -2.13. The van der Waals surface area contributed by atoms with E-state index < -0.39 is 0 Å². The molecule has 2 aromatic heterocycles. The van der Waals surface area contributed by atoms with Crippen molar-refractivity contribution in [3.63, 3.8) is 0 Å². The number of H-pyrrole nitrogens is 1. The molecular weight excluding hydrogens is 446 g/mol. The Bertz CT molecular complexity index is 1540. The fourth-order valence-electron chi connectivity index (χ4n) is 4.56. The quantitative estimate of drug-likeness (QED) is 0.184. The van der Waals surface area contributed by atoms with Crippen LogP contribution < -0.4 is 10.2 Å². The topological polar surface area (TPSA) is 82.5 Å². The summed E-state index contributed by atoms with van der Waals surface area (Å²) < 4.78 is 2.11. The van der Waals surface area contributed by atoms with Crippen molar-refractivity contribution >= 4 is 67.8 Å². The maximum Gasteiger partial charge on any atom is 0.259 e. The lowest BCUT2D eigenvalue weighted by molar-refractivity contribution is -0.122. The van der Waals surface area contributed by atoms with E-state index in [0.717, 1.165) is 39.5 Å². The van der Waals surface area contributed by atoms with Crippen molar-refractivity contribution in [1.29, 1.82) is 0 Å². The molecule has 0 saturated carbocycles. The fraction of sp³-hybridized carbons (Fsp3) is 0.192. The number of imide groups is 1. The number of rotatable bonds is 7. The highest BCUT2D eigenvalue weighted by molar-refractivity contribution is 7.78. The Balaban J connectivity index is 1.75. The van der Waals surface area contributed by atoms with Crippen molar-refractivity contribution in [1.82, 2.24) is 14.9 Å². The number of fused-ring (bicyclic) bond motifs is 2. The van der Waals surface area contributed by atoms with Crippen LogP contribution in [-0.2, 0) is 16.1 Å². The average molecular weight is 470 g/mol. The number of aromatic amines is 1. The molecule has 0 radical (unpaired) electrons. The zero-order chi connectivity index (χ0) is 23.8. The van der Waals surface area contributed by atoms with Gasteiger partial charge in [0.05, 0.1) is 22.9 Å². The number of amides is 2. The lowest BCUT2D eigenvalue weighted by atomic mass is 9.95. The molecule has 0 unspecified atom stereocenters. The van der Waals surface area contributed by atoms with Gasteiger partial charge in [0.25, 0.3) is 11.8 Å². The standard InChI is InChI=1S/C26H23N5O2S/c1-30(2)16-8-9-22-18(12-16)20(14-31(22)11-5-10-27-15-34)24-23(25(32)29-26(24)33)19-13-28-21-7-4-3-6-17(19)21/h3-4,6-9,12-14,28H,5,10-11H2,1-2H3,(H,29,32,33). The molecule has 7 nitrogen and oxygen atoms in total. The normalized spacial score (nSPS) is 13.6. The number of nitrogens with one attached hydrogen (secondary N) is 2. The minimum absolute atomic E-state index is 0.384. The second-order valence-corrected chi connectivity index (χ2v) is 8.62. The third kappa shape index (κ3) is 3.63. The minimum Gasteiger partial charge on any atom is -0.378 e. The molecule has 1 aliphatic rings. The Hall–Kier alpha value is -4.00. The molecule has 34 heavy (non-hydrogen) atoms. The van der Waals surface area contributed by atoms with Gasteiger partial charge in [0, 0.05) is 71.7 Å². The SMILES string of the molecule is CN(C)c1ccc2c(c1)c(C1=C(c3c[nH]c4ccccc34)C(=O)NC1=O)cn2CCCN=C=S. The molecule has 2 amide bonds. The zero-order valence-electron chi connectivity index (χ0n) is 18.9. The molecule has 3 heterocycles. The second-order valence-electron chi connectivity index (χ2n) is 8.44. The predicted molar refractivity (Wildman–Crippen MR) is 139 cm³/mol. The third-order valence-corrected chi connectivity index (χ3v) is 6.30. The molecule has 0 atom stereocenters. The first-order chi connectivity index (χ1) is 16.5. The van der Waals surface area contributed by atoms with Gasteiger partial charge in [0.2, 0.25) is 0 Å². The number of hydrogen-bond acceptors (Lipinski definition) is 5. The first-order valence-electron chi connectivity index (χ1n) is 11.0. The van der Waals surface area contributed by atoms with Crippen molar-refractivity contribution in [3.05, 3.63) is 66.0 Å². The van der Waals surface area contributed by atoms with Crippen LogP contribution in [0.4, 0.5) is 5.69 Å². The van der Waals surface area contributed by atoms with Gasteiger partial charge in [-0.15, -0.1) is 0 Å². The van der Waals surface area contributed by atoms with Gasteiger partial charge in [-0.3, -0.25) is 14.9 Å². The molecule has 0 fully saturated rings. The molecule has 2 aromatic carbocycles. The molecule has 2 N–H and O–H groups in total. The number of carbonyl (C=O) groups excluding carboxylic acids is 2. The van der Waals surface area contributed by atoms with Crippen LogP contribution in [-0.4, -0.2) is 47.2 Å². The maximum atomic E-state index is 13.1. The summed E-state index contributed by atoms with van der Waals surface area (Å²) in [6.45, 7) is 1.28. The number of aliphatic imine (C=N–C) groups is 1. The highest BCUT2D eigenvalue weighted by Crippen LogP contribution is 2.39. The van der Waals surface area contributed by atoms with Crippen LogP contribution in [0, 0.1) is 0 Å². The molecular formula is C26H23N5O2S. The van der Waals surface area contributed by atoms with Crippen molar-refractivity contribution in [2.75, 3.05) is 25.5 Å². The Labute approximate surface area is 201 Å². The Morgan fingerprint density at radius 3 is 2.56 bits per heavy atom. The van der Waals surface area contributed by atoms with E-state index >= 15 is 0 Å². The highest BCUT2D eigenvalue weighted by Gasteiger charge is 2.35. The monoisotopic (exact) mass is 469 g/mol. The number of benzene rings is 2. The van der Waals surface area contributed by atoms with Gasteiger partial charge >= 0.3 is 0 Å². The number of nitrogens with zero attached hydrogens (tertiary/aromatic N) is 3. The van der Waals surface area contributed by atoms with Gasteiger partial charge in [0.15, 0.2) is 0 Å². The first kappa shape index (κ1) is 21.8. The van der Waals surface area contributed by atoms with Crippen molar-refractivity contribution in [2.24, 2.45) is 4.99 Å². The summed E-state index contributed by atoms with van der Waals surface area (Å²) in [6.07, 6.45) is 4.54. The van der Waals surface area contributed by atoms with Crippen molar-refractivity contribution < 1.29 is 9.59 Å². The third-order valence-electron chi connectivity index (χ3n) is 6.17. The smallest absolute Gasteiger partial charge is 0.259 e. The van der Waals surface area contributed by atoms with Crippen LogP contribution >= 0.6 is 12.2 Å². The van der Waals surface area contributed by atoms with Crippen LogP contribution in [0.5, 0.6) is 0 Å². The number of hydrogen-bond donors (Lipinski definition) is 2. The fourth-order valence-corrected chi connectivity index (χ4v) is 4.65.